The summed E-state index contributed by atoms with van der Waals surface area (Å²) in [7, 11) is 5.29. The molecule has 4 amide bonds. The van der Waals surface area contributed by atoms with E-state index in [1.165, 1.54) is 16.2 Å². The van der Waals surface area contributed by atoms with Gasteiger partial charge in [-0.05, 0) is 87.6 Å². The zero-order valence-electron chi connectivity index (χ0n) is 38.7. The highest BCUT2D eigenvalue weighted by atomic mass is 32.1. The van der Waals surface area contributed by atoms with Gasteiger partial charge in [-0.1, -0.05) is 39.7 Å². The Labute approximate surface area is 381 Å². The van der Waals surface area contributed by atoms with Crippen LogP contribution >= 0.6 is 11.3 Å². The van der Waals surface area contributed by atoms with Gasteiger partial charge in [0.1, 0.15) is 12.1 Å². The van der Waals surface area contributed by atoms with Crippen LogP contribution < -0.4 is 10.7 Å². The SMILES string of the molecule is CC#CC(=O)N1CCCC1.COC(C)c1ncccc1-c1c(CC(C)(C)COC=O)c2cc(-c3csc(CC(NC(=O)C(C(C)C)N(C)C=O)C(=O)N4CCCCN4)n3)ccc2n1C. The molecule has 0 spiro atoms. The number of carbonyl (C=O) groups excluding carboxylic acids is 5. The van der Waals surface area contributed by atoms with Crippen LogP contribution in [0.15, 0.2) is 41.9 Å². The third-order valence-corrected chi connectivity index (χ3v) is 12.6. The first-order valence-corrected chi connectivity index (χ1v) is 22.9. The fourth-order valence-corrected chi connectivity index (χ4v) is 9.26. The number of methoxy groups -OCH3 is 1. The summed E-state index contributed by atoms with van der Waals surface area (Å²) in [4.78, 5) is 74.1. The van der Waals surface area contributed by atoms with E-state index in [1.807, 2.05) is 45.3 Å². The zero-order valence-corrected chi connectivity index (χ0v) is 39.5. The number of aromatic nitrogens is 3. The molecule has 0 radical (unpaired) electrons. The van der Waals surface area contributed by atoms with Gasteiger partial charge in [0.25, 0.3) is 18.3 Å². The summed E-state index contributed by atoms with van der Waals surface area (Å²) in [6.07, 6.45) is 7.07. The Kier molecular flexibility index (Phi) is 17.6. The summed E-state index contributed by atoms with van der Waals surface area (Å²) in [5, 5.41) is 8.25. The topological polar surface area (TPSA) is 168 Å². The first-order chi connectivity index (χ1) is 30.6. The number of ether oxygens (including phenoxy) is 2. The number of pyridine rings is 1. The summed E-state index contributed by atoms with van der Waals surface area (Å²) < 4.78 is 13.2. The van der Waals surface area contributed by atoms with Gasteiger partial charge in [0.2, 0.25) is 12.3 Å². The molecule has 3 unspecified atom stereocenters. The van der Waals surface area contributed by atoms with Crippen molar-refractivity contribution in [2.75, 3.05) is 46.9 Å². The Balaban J connectivity index is 0.000000678. The third kappa shape index (κ3) is 12.1. The van der Waals surface area contributed by atoms with Crippen molar-refractivity contribution in [1.82, 2.24) is 40.1 Å². The number of hydrazine groups is 1. The van der Waals surface area contributed by atoms with Gasteiger partial charge in [0, 0.05) is 92.8 Å². The second-order valence-corrected chi connectivity index (χ2v) is 18.5. The molecule has 2 fully saturated rings. The molecule has 3 aromatic heterocycles. The van der Waals surface area contributed by atoms with Gasteiger partial charge in [-0.3, -0.25) is 34.0 Å². The Morgan fingerprint density at radius 2 is 1.81 bits per heavy atom. The van der Waals surface area contributed by atoms with Crippen molar-refractivity contribution in [1.29, 1.82) is 0 Å². The van der Waals surface area contributed by atoms with Gasteiger partial charge >= 0.3 is 0 Å². The van der Waals surface area contributed by atoms with E-state index in [-0.39, 0.29) is 48.2 Å². The fraction of sp³-hybridized carbons (Fsp3) is 0.521. The number of thiazole rings is 1. The number of hydrogen-bond donors (Lipinski definition) is 2. The highest BCUT2D eigenvalue weighted by molar-refractivity contribution is 7.10. The molecule has 15 nitrogen and oxygen atoms in total. The molecule has 2 N–H and O–H groups in total. The van der Waals surface area contributed by atoms with Crippen LogP contribution in [0.3, 0.4) is 0 Å². The third-order valence-electron chi connectivity index (χ3n) is 11.7. The number of amides is 4. The Hall–Kier alpha value is -5.63. The Morgan fingerprint density at radius 3 is 2.45 bits per heavy atom. The maximum Gasteiger partial charge on any atom is 0.298 e. The number of rotatable bonds is 17. The minimum Gasteiger partial charge on any atom is -0.467 e. The predicted octanol–water partition coefficient (Wildman–Crippen LogP) is 5.71. The van der Waals surface area contributed by atoms with Gasteiger partial charge in [0.15, 0.2) is 0 Å². The van der Waals surface area contributed by atoms with Crippen LogP contribution in [0.4, 0.5) is 0 Å². The van der Waals surface area contributed by atoms with Gasteiger partial charge < -0.3 is 29.2 Å². The Morgan fingerprint density at radius 1 is 1.08 bits per heavy atom. The summed E-state index contributed by atoms with van der Waals surface area (Å²) in [5.41, 5.74) is 9.35. The minimum atomic E-state index is -0.881. The second-order valence-electron chi connectivity index (χ2n) is 17.5. The molecule has 0 aliphatic carbocycles. The molecule has 5 heterocycles. The van der Waals surface area contributed by atoms with Crippen molar-refractivity contribution >= 4 is 52.8 Å². The molecular weight excluding hydrogens is 833 g/mol. The van der Waals surface area contributed by atoms with Crippen molar-refractivity contribution in [3.63, 3.8) is 0 Å². The van der Waals surface area contributed by atoms with Crippen LogP contribution in [0.25, 0.3) is 33.4 Å². The smallest absolute Gasteiger partial charge is 0.298 e. The van der Waals surface area contributed by atoms with Crippen LogP contribution in [0, 0.1) is 23.2 Å². The number of likely N-dealkylation sites (tertiary alicyclic amines) is 1. The molecule has 64 heavy (non-hydrogen) atoms. The maximum absolute atomic E-state index is 13.8. The van der Waals surface area contributed by atoms with Crippen LogP contribution in [0.1, 0.15) is 89.6 Å². The van der Waals surface area contributed by atoms with E-state index in [9.17, 15) is 24.0 Å². The first kappa shape index (κ1) is 49.4. The first-order valence-electron chi connectivity index (χ1n) is 22.0. The molecule has 0 bridgehead atoms. The largest absolute Gasteiger partial charge is 0.467 e. The number of hydrogen-bond acceptors (Lipinski definition) is 11. The standard InChI is InChI=1S/C40H53N7O6S.C8H11NO/c1-25(2)36(45(6)23-48)38(50)44-31(39(51)47-17-10-9-16-42-47)19-34-43-32(21-54-34)27-13-14-33-29(18-27)30(20-40(4,5)22-53-24-49)37(46(33)7)28-12-11-15-41-35(28)26(3)52-8;1-2-5-8(10)9-6-3-4-7-9/h11-15,18,21,23-26,31,36,42H,9-10,16-17,19-20,22H2,1-8H3,(H,44,50);3-4,6-7H2,1H3. The van der Waals surface area contributed by atoms with E-state index in [2.05, 4.69) is 59.2 Å². The fourth-order valence-electron chi connectivity index (χ4n) is 8.41. The average Bonchev–Trinajstić information content (AvgIpc) is 4.06. The second kappa shape index (κ2) is 22.8. The molecular formula is C48H64N8O7S. The number of fused-ring (bicyclic) bond motifs is 1. The number of nitrogens with one attached hydrogen (secondary N) is 2. The average molecular weight is 897 g/mol. The molecule has 2 aliphatic rings. The highest BCUT2D eigenvalue weighted by Gasteiger charge is 2.34. The van der Waals surface area contributed by atoms with Crippen LogP contribution in [-0.2, 0) is 53.3 Å². The van der Waals surface area contributed by atoms with Crippen molar-refractivity contribution in [2.24, 2.45) is 18.4 Å². The summed E-state index contributed by atoms with van der Waals surface area (Å²) in [5.74, 6) is 4.33. The monoisotopic (exact) mass is 896 g/mol. The highest BCUT2D eigenvalue weighted by Crippen LogP contribution is 2.41. The quantitative estimate of drug-likeness (QED) is 0.0990. The van der Waals surface area contributed by atoms with Crippen molar-refractivity contribution in [2.45, 2.75) is 98.3 Å². The number of aryl methyl sites for hydroxylation is 1. The molecule has 16 heteroatoms. The van der Waals surface area contributed by atoms with Crippen LogP contribution in [-0.4, -0.2) is 119 Å². The van der Waals surface area contributed by atoms with Gasteiger partial charge in [-0.25, -0.2) is 10.4 Å². The van der Waals surface area contributed by atoms with Crippen LogP contribution in [0.2, 0.25) is 0 Å². The zero-order chi connectivity index (χ0) is 46.6. The number of benzene rings is 1. The van der Waals surface area contributed by atoms with E-state index in [1.54, 1.807) is 37.2 Å². The minimum absolute atomic E-state index is 0.0139. The molecule has 3 atom stereocenters. The summed E-state index contributed by atoms with van der Waals surface area (Å²) in [6.45, 7) is 15.3. The lowest BCUT2D eigenvalue weighted by molar-refractivity contribution is -0.142. The molecule has 6 rings (SSSR count). The molecule has 4 aromatic rings. The predicted molar refractivity (Wildman–Crippen MR) is 248 cm³/mol. The van der Waals surface area contributed by atoms with Crippen LogP contribution in [0.5, 0.6) is 0 Å². The lowest BCUT2D eigenvalue weighted by Crippen LogP contribution is -2.58. The number of likely N-dealkylation sites (N-methyl/N-ethyl adjacent to an activating group) is 1. The van der Waals surface area contributed by atoms with Gasteiger partial charge in [-0.15, -0.1) is 11.3 Å². The molecule has 1 aromatic carbocycles. The molecule has 2 aliphatic heterocycles. The van der Waals surface area contributed by atoms with E-state index >= 15 is 0 Å². The van der Waals surface area contributed by atoms with Crippen molar-refractivity contribution in [3.8, 4) is 34.4 Å². The van der Waals surface area contributed by atoms with E-state index in [0.29, 0.717) is 37.4 Å². The Bertz CT molecular complexity index is 2320. The molecule has 344 valence electrons. The number of carbonyl (C=O) groups is 5. The van der Waals surface area contributed by atoms with E-state index in [4.69, 9.17) is 19.4 Å². The van der Waals surface area contributed by atoms with Gasteiger partial charge in [0.05, 0.1) is 34.8 Å². The van der Waals surface area contributed by atoms with E-state index in [0.717, 1.165) is 83.4 Å². The summed E-state index contributed by atoms with van der Waals surface area (Å²) >= 11 is 1.43. The normalized spacial score (nSPS) is 15.3. The molecule has 0 saturated carbocycles. The van der Waals surface area contributed by atoms with Gasteiger partial charge in [-0.2, -0.15) is 0 Å². The summed E-state index contributed by atoms with van der Waals surface area (Å²) in [6, 6.07) is 8.65. The number of nitrogens with zero attached hydrogens (tertiary/aromatic N) is 6. The lowest BCUT2D eigenvalue weighted by Gasteiger charge is -2.33. The maximum atomic E-state index is 13.8. The van der Waals surface area contributed by atoms with Crippen molar-refractivity contribution in [3.05, 3.63) is 58.2 Å². The van der Waals surface area contributed by atoms with Crippen molar-refractivity contribution < 1.29 is 33.4 Å². The molecule has 2 saturated heterocycles. The lowest BCUT2D eigenvalue weighted by atomic mass is 9.84. The van der Waals surface area contributed by atoms with E-state index < -0.39 is 12.1 Å².